The Morgan fingerprint density at radius 3 is 2.59 bits per heavy atom. The second-order valence-electron chi connectivity index (χ2n) is 5.26. The first kappa shape index (κ1) is 14.6. The van der Waals surface area contributed by atoms with Crippen LogP contribution in [0.4, 0.5) is 5.69 Å². The minimum absolute atomic E-state index is 0.364. The van der Waals surface area contributed by atoms with Crippen LogP contribution in [-0.4, -0.2) is 35.8 Å². The SMILES string of the molecule is CCOc1ccccc1NC(=O)[C@@H]1[C@H](C(=O)O)[C@H]2C=C[C@H]1O2. The van der Waals surface area contributed by atoms with E-state index in [-0.39, 0.29) is 5.91 Å². The summed E-state index contributed by atoms with van der Waals surface area (Å²) in [5.41, 5.74) is 0.533. The number of anilines is 1. The predicted octanol–water partition coefficient (Wildman–Crippen LogP) is 1.68. The van der Waals surface area contributed by atoms with Gasteiger partial charge in [0.1, 0.15) is 11.7 Å². The first-order chi connectivity index (χ1) is 10.6. The molecule has 0 saturated carbocycles. The van der Waals surface area contributed by atoms with E-state index < -0.39 is 30.0 Å². The van der Waals surface area contributed by atoms with Crippen LogP contribution in [0, 0.1) is 11.8 Å². The average Bonchev–Trinajstić information content (AvgIpc) is 3.10. The van der Waals surface area contributed by atoms with E-state index in [9.17, 15) is 14.7 Å². The molecule has 22 heavy (non-hydrogen) atoms. The summed E-state index contributed by atoms with van der Waals surface area (Å²) >= 11 is 0. The number of fused-ring (bicyclic) bond motifs is 2. The van der Waals surface area contributed by atoms with Gasteiger partial charge in [0.15, 0.2) is 0 Å². The second-order valence-corrected chi connectivity index (χ2v) is 5.26. The third-order valence-corrected chi connectivity index (χ3v) is 3.93. The van der Waals surface area contributed by atoms with Crippen molar-refractivity contribution in [3.63, 3.8) is 0 Å². The lowest BCUT2D eigenvalue weighted by atomic mass is 9.82. The van der Waals surface area contributed by atoms with Gasteiger partial charge in [-0.15, -0.1) is 0 Å². The number of benzene rings is 1. The maximum Gasteiger partial charge on any atom is 0.310 e. The Bertz CT molecular complexity index is 627. The number of carboxylic acids is 1. The van der Waals surface area contributed by atoms with Crippen molar-refractivity contribution in [2.45, 2.75) is 19.1 Å². The van der Waals surface area contributed by atoms with Crippen molar-refractivity contribution in [3.05, 3.63) is 36.4 Å². The molecule has 2 aliphatic heterocycles. The number of para-hydroxylation sites is 2. The molecule has 2 N–H and O–H groups in total. The van der Waals surface area contributed by atoms with Gasteiger partial charge < -0.3 is 19.9 Å². The van der Waals surface area contributed by atoms with E-state index in [0.717, 1.165) is 0 Å². The Balaban J connectivity index is 1.80. The van der Waals surface area contributed by atoms with Gasteiger partial charge in [0, 0.05) is 0 Å². The number of carbonyl (C=O) groups is 2. The third-order valence-electron chi connectivity index (χ3n) is 3.93. The van der Waals surface area contributed by atoms with Gasteiger partial charge in [0.25, 0.3) is 0 Å². The van der Waals surface area contributed by atoms with Crippen molar-refractivity contribution in [2.24, 2.45) is 11.8 Å². The summed E-state index contributed by atoms with van der Waals surface area (Å²) in [4.78, 5) is 23.9. The molecule has 0 aromatic heterocycles. The predicted molar refractivity (Wildman–Crippen MR) is 78.7 cm³/mol. The third kappa shape index (κ3) is 2.46. The smallest absolute Gasteiger partial charge is 0.310 e. The van der Waals surface area contributed by atoms with Crippen LogP contribution >= 0.6 is 0 Å². The lowest BCUT2D eigenvalue weighted by Crippen LogP contribution is -2.39. The van der Waals surface area contributed by atoms with Gasteiger partial charge in [-0.25, -0.2) is 0 Å². The lowest BCUT2D eigenvalue weighted by Gasteiger charge is -2.21. The van der Waals surface area contributed by atoms with Crippen LogP contribution in [0.1, 0.15) is 6.92 Å². The highest BCUT2D eigenvalue weighted by molar-refractivity contribution is 5.97. The van der Waals surface area contributed by atoms with E-state index in [4.69, 9.17) is 9.47 Å². The highest BCUT2D eigenvalue weighted by Gasteiger charge is 2.53. The van der Waals surface area contributed by atoms with Crippen molar-refractivity contribution in [2.75, 3.05) is 11.9 Å². The van der Waals surface area contributed by atoms with Crippen LogP contribution < -0.4 is 10.1 Å². The maximum absolute atomic E-state index is 12.5. The van der Waals surface area contributed by atoms with Crippen LogP contribution in [-0.2, 0) is 14.3 Å². The number of carboxylic acid groups (broad SMARTS) is 1. The standard InChI is InChI=1S/C16H17NO5/c1-2-21-10-6-4-3-5-9(10)17-15(18)13-11-7-8-12(22-11)14(13)16(19)20/h3-8,11-14H,2H2,1H3,(H,17,18)(H,19,20)/t11-,12-,13+,14-/m1/s1. The molecule has 2 bridgehead atoms. The van der Waals surface area contributed by atoms with Gasteiger partial charge in [-0.05, 0) is 19.1 Å². The fourth-order valence-corrected chi connectivity index (χ4v) is 2.98. The number of carbonyl (C=O) groups excluding carboxylic acids is 1. The molecule has 4 atom stereocenters. The zero-order valence-electron chi connectivity index (χ0n) is 12.1. The minimum Gasteiger partial charge on any atom is -0.492 e. The van der Waals surface area contributed by atoms with Crippen molar-refractivity contribution in [3.8, 4) is 5.75 Å². The van der Waals surface area contributed by atoms with Crippen molar-refractivity contribution >= 4 is 17.6 Å². The Hall–Kier alpha value is -2.34. The molecule has 2 heterocycles. The van der Waals surface area contributed by atoms with E-state index in [0.29, 0.717) is 18.0 Å². The number of nitrogens with one attached hydrogen (secondary N) is 1. The van der Waals surface area contributed by atoms with Crippen LogP contribution in [0.15, 0.2) is 36.4 Å². The summed E-state index contributed by atoms with van der Waals surface area (Å²) in [7, 11) is 0. The van der Waals surface area contributed by atoms with E-state index in [1.807, 2.05) is 13.0 Å². The second kappa shape index (κ2) is 5.81. The molecule has 1 saturated heterocycles. The molecular formula is C16H17NO5. The Kier molecular flexibility index (Phi) is 3.85. The van der Waals surface area contributed by atoms with E-state index >= 15 is 0 Å². The highest BCUT2D eigenvalue weighted by atomic mass is 16.5. The molecule has 2 aliphatic rings. The Labute approximate surface area is 127 Å². The molecule has 0 radical (unpaired) electrons. The Morgan fingerprint density at radius 1 is 1.23 bits per heavy atom. The zero-order chi connectivity index (χ0) is 15.7. The zero-order valence-corrected chi connectivity index (χ0v) is 12.1. The number of hydrogen-bond acceptors (Lipinski definition) is 4. The molecule has 6 heteroatoms. The van der Waals surface area contributed by atoms with Gasteiger partial charge in [-0.3, -0.25) is 9.59 Å². The summed E-state index contributed by atoms with van der Waals surface area (Å²) in [6.07, 6.45) is 2.45. The van der Waals surface area contributed by atoms with Crippen molar-refractivity contribution < 1.29 is 24.2 Å². The number of amides is 1. The fourth-order valence-electron chi connectivity index (χ4n) is 2.98. The summed E-state index contributed by atoms with van der Waals surface area (Å²) < 4.78 is 11.0. The molecule has 116 valence electrons. The largest absolute Gasteiger partial charge is 0.492 e. The first-order valence-corrected chi connectivity index (χ1v) is 7.21. The van der Waals surface area contributed by atoms with Crippen molar-refractivity contribution in [1.29, 1.82) is 0 Å². The molecule has 1 aromatic rings. The Morgan fingerprint density at radius 2 is 1.91 bits per heavy atom. The summed E-state index contributed by atoms with van der Waals surface area (Å²) in [6, 6.07) is 7.07. The van der Waals surface area contributed by atoms with Crippen molar-refractivity contribution in [1.82, 2.24) is 0 Å². The van der Waals surface area contributed by atoms with Crippen LogP contribution in [0.5, 0.6) is 5.75 Å². The summed E-state index contributed by atoms with van der Waals surface area (Å²) in [6.45, 7) is 2.33. The maximum atomic E-state index is 12.5. The van der Waals surface area contributed by atoms with E-state index in [1.165, 1.54) is 0 Å². The first-order valence-electron chi connectivity index (χ1n) is 7.21. The molecular weight excluding hydrogens is 286 g/mol. The normalized spacial score (nSPS) is 28.6. The topological polar surface area (TPSA) is 84.9 Å². The molecule has 0 unspecified atom stereocenters. The van der Waals surface area contributed by atoms with Crippen LogP contribution in [0.2, 0.25) is 0 Å². The monoisotopic (exact) mass is 303 g/mol. The average molecular weight is 303 g/mol. The van der Waals surface area contributed by atoms with Gasteiger partial charge in [0.2, 0.25) is 5.91 Å². The van der Waals surface area contributed by atoms with E-state index in [1.54, 1.807) is 30.4 Å². The van der Waals surface area contributed by atoms with E-state index in [2.05, 4.69) is 5.32 Å². The fraction of sp³-hybridized carbons (Fsp3) is 0.375. The molecule has 3 rings (SSSR count). The number of aliphatic carboxylic acids is 1. The highest BCUT2D eigenvalue weighted by Crippen LogP contribution is 2.40. The number of hydrogen-bond donors (Lipinski definition) is 2. The number of ether oxygens (including phenoxy) is 2. The number of rotatable bonds is 5. The van der Waals surface area contributed by atoms with Crippen LogP contribution in [0.25, 0.3) is 0 Å². The molecule has 1 fully saturated rings. The molecule has 6 nitrogen and oxygen atoms in total. The summed E-state index contributed by atoms with van der Waals surface area (Å²) in [5.74, 6) is -2.41. The van der Waals surface area contributed by atoms with Gasteiger partial charge in [-0.2, -0.15) is 0 Å². The molecule has 1 aromatic carbocycles. The quantitative estimate of drug-likeness (QED) is 0.808. The molecule has 0 spiro atoms. The lowest BCUT2D eigenvalue weighted by molar-refractivity contribution is -0.145. The van der Waals surface area contributed by atoms with Gasteiger partial charge in [0.05, 0.1) is 30.4 Å². The minimum atomic E-state index is -1.02. The summed E-state index contributed by atoms with van der Waals surface area (Å²) in [5, 5.41) is 12.1. The van der Waals surface area contributed by atoms with Crippen LogP contribution in [0.3, 0.4) is 0 Å². The molecule has 0 aliphatic carbocycles. The molecule has 1 amide bonds. The van der Waals surface area contributed by atoms with Gasteiger partial charge >= 0.3 is 5.97 Å². The van der Waals surface area contributed by atoms with Gasteiger partial charge in [-0.1, -0.05) is 24.3 Å².